The van der Waals surface area contributed by atoms with Gasteiger partial charge in [-0.1, -0.05) is 32.0 Å². The molecule has 0 aliphatic rings. The van der Waals surface area contributed by atoms with Gasteiger partial charge in [0.05, 0.1) is 5.52 Å². The highest BCUT2D eigenvalue weighted by Gasteiger charge is 2.14. The number of pyridine rings is 1. The Balaban J connectivity index is 2.39. The minimum atomic E-state index is 0.465. The maximum absolute atomic E-state index is 6.10. The molecule has 1 aromatic carbocycles. The molecule has 0 spiro atoms. The van der Waals surface area contributed by atoms with E-state index in [-0.39, 0.29) is 0 Å². The molecule has 0 saturated heterocycles. The highest BCUT2D eigenvalue weighted by molar-refractivity contribution is 6.18. The smallest absolute Gasteiger partial charge is 0.129 e. The number of benzene rings is 1. The lowest BCUT2D eigenvalue weighted by molar-refractivity contribution is 0.502. The summed E-state index contributed by atoms with van der Waals surface area (Å²) in [4.78, 5) is 7.03. The van der Waals surface area contributed by atoms with Gasteiger partial charge in [0.1, 0.15) is 5.82 Å². The molecular formula is C17H23ClN2. The molecule has 0 bridgehead atoms. The number of aromatic nitrogens is 1. The maximum Gasteiger partial charge on any atom is 0.129 e. The van der Waals surface area contributed by atoms with Crippen molar-refractivity contribution in [3.8, 4) is 0 Å². The van der Waals surface area contributed by atoms with E-state index in [1.165, 1.54) is 0 Å². The van der Waals surface area contributed by atoms with Gasteiger partial charge in [0.25, 0.3) is 0 Å². The van der Waals surface area contributed by atoms with E-state index in [0.717, 1.165) is 28.7 Å². The zero-order valence-electron chi connectivity index (χ0n) is 12.7. The van der Waals surface area contributed by atoms with Gasteiger partial charge in [-0.15, -0.1) is 11.6 Å². The van der Waals surface area contributed by atoms with E-state index in [4.69, 9.17) is 16.6 Å². The van der Waals surface area contributed by atoms with Gasteiger partial charge in [0.2, 0.25) is 0 Å². The Labute approximate surface area is 126 Å². The van der Waals surface area contributed by atoms with Crippen LogP contribution in [0, 0.1) is 5.92 Å². The van der Waals surface area contributed by atoms with Crippen LogP contribution in [0.1, 0.15) is 32.8 Å². The lowest BCUT2D eigenvalue weighted by Gasteiger charge is -2.28. The Morgan fingerprint density at radius 2 is 1.90 bits per heavy atom. The summed E-state index contributed by atoms with van der Waals surface area (Å²) in [5.74, 6) is 2.20. The fourth-order valence-corrected chi connectivity index (χ4v) is 2.81. The molecule has 1 aromatic heterocycles. The van der Waals surface area contributed by atoms with E-state index < -0.39 is 0 Å². The first kappa shape index (κ1) is 15.1. The second-order valence-electron chi connectivity index (χ2n) is 5.88. The van der Waals surface area contributed by atoms with Gasteiger partial charge < -0.3 is 4.90 Å². The summed E-state index contributed by atoms with van der Waals surface area (Å²) < 4.78 is 0. The molecule has 108 valence electrons. The quantitative estimate of drug-likeness (QED) is 0.732. The number of nitrogens with zero attached hydrogens (tertiary/aromatic N) is 2. The molecule has 2 nitrogen and oxygen atoms in total. The van der Waals surface area contributed by atoms with E-state index in [1.807, 2.05) is 12.1 Å². The summed E-state index contributed by atoms with van der Waals surface area (Å²) >= 11 is 6.10. The van der Waals surface area contributed by atoms with Crippen LogP contribution >= 0.6 is 11.6 Å². The molecule has 20 heavy (non-hydrogen) atoms. The minimum Gasteiger partial charge on any atom is -0.357 e. The third kappa shape index (κ3) is 3.24. The zero-order chi connectivity index (χ0) is 14.7. The van der Waals surface area contributed by atoms with E-state index >= 15 is 0 Å². The number of anilines is 1. The molecule has 1 atom stereocenters. The summed E-state index contributed by atoms with van der Waals surface area (Å²) in [5, 5.41) is 1.15. The van der Waals surface area contributed by atoms with Gasteiger partial charge in [-0.3, -0.25) is 0 Å². The molecule has 1 heterocycles. The van der Waals surface area contributed by atoms with E-state index in [9.17, 15) is 0 Å². The van der Waals surface area contributed by atoms with Crippen LogP contribution in [-0.2, 0) is 5.88 Å². The third-order valence-corrected chi connectivity index (χ3v) is 4.06. The number of hydrogen-bond donors (Lipinski definition) is 0. The SMILES string of the molecule is CC(C)CC(C)N(C)c1cc(CCl)c2ccccc2n1. The van der Waals surface area contributed by atoms with Crippen molar-refractivity contribution in [1.82, 2.24) is 4.98 Å². The van der Waals surface area contributed by atoms with E-state index in [0.29, 0.717) is 17.8 Å². The third-order valence-electron chi connectivity index (χ3n) is 3.77. The van der Waals surface area contributed by atoms with Gasteiger partial charge in [-0.2, -0.15) is 0 Å². The standard InChI is InChI=1S/C17H23ClN2/c1-12(2)9-13(3)20(4)17-10-14(11-18)15-7-5-6-8-16(15)19-17/h5-8,10,12-13H,9,11H2,1-4H3. The molecule has 2 rings (SSSR count). The number of para-hydroxylation sites is 1. The fraction of sp³-hybridized carbons (Fsp3) is 0.471. The predicted molar refractivity (Wildman–Crippen MR) is 88.6 cm³/mol. The number of halogens is 1. The van der Waals surface area contributed by atoms with Gasteiger partial charge in [-0.05, 0) is 37.0 Å². The summed E-state index contributed by atoms with van der Waals surface area (Å²) in [6, 6.07) is 10.8. The average Bonchev–Trinajstić information content (AvgIpc) is 2.44. The summed E-state index contributed by atoms with van der Waals surface area (Å²) in [6.45, 7) is 6.75. The second-order valence-corrected chi connectivity index (χ2v) is 6.15. The van der Waals surface area contributed by atoms with Crippen LogP contribution in [0.25, 0.3) is 10.9 Å². The zero-order valence-corrected chi connectivity index (χ0v) is 13.5. The maximum atomic E-state index is 6.10. The molecule has 2 aromatic rings. The van der Waals surface area contributed by atoms with Crippen LogP contribution in [0.4, 0.5) is 5.82 Å². The van der Waals surface area contributed by atoms with Crippen molar-refractivity contribution in [2.24, 2.45) is 5.92 Å². The lowest BCUT2D eigenvalue weighted by Crippen LogP contribution is -2.30. The topological polar surface area (TPSA) is 16.1 Å². The van der Waals surface area contributed by atoms with Crippen LogP contribution in [0.3, 0.4) is 0 Å². The Hall–Kier alpha value is -1.28. The molecule has 0 aliphatic carbocycles. The van der Waals surface area contributed by atoms with Crippen molar-refractivity contribution in [1.29, 1.82) is 0 Å². The van der Waals surface area contributed by atoms with Gasteiger partial charge in [-0.25, -0.2) is 4.98 Å². The minimum absolute atomic E-state index is 0.465. The molecule has 0 amide bonds. The highest BCUT2D eigenvalue weighted by Crippen LogP contribution is 2.25. The van der Waals surface area contributed by atoms with Crippen molar-refractivity contribution in [3.05, 3.63) is 35.9 Å². The number of fused-ring (bicyclic) bond motifs is 1. The summed E-state index contributed by atoms with van der Waals surface area (Å²) in [6.07, 6.45) is 1.15. The van der Waals surface area contributed by atoms with Crippen molar-refractivity contribution in [2.45, 2.75) is 39.1 Å². The van der Waals surface area contributed by atoms with Crippen molar-refractivity contribution < 1.29 is 0 Å². The van der Waals surface area contributed by atoms with Crippen LogP contribution in [0.2, 0.25) is 0 Å². The van der Waals surface area contributed by atoms with Crippen LogP contribution in [-0.4, -0.2) is 18.1 Å². The Bertz CT molecular complexity index is 580. The first-order valence-electron chi connectivity index (χ1n) is 7.20. The summed E-state index contributed by atoms with van der Waals surface area (Å²) in [5.41, 5.74) is 2.17. The molecule has 0 aliphatic heterocycles. The van der Waals surface area contributed by atoms with Gasteiger partial charge >= 0.3 is 0 Å². The Morgan fingerprint density at radius 3 is 2.55 bits per heavy atom. The number of hydrogen-bond acceptors (Lipinski definition) is 2. The molecular weight excluding hydrogens is 268 g/mol. The van der Waals surface area contributed by atoms with Crippen molar-refractivity contribution in [3.63, 3.8) is 0 Å². The Kier molecular flexibility index (Phi) is 4.87. The summed E-state index contributed by atoms with van der Waals surface area (Å²) in [7, 11) is 2.11. The first-order valence-corrected chi connectivity index (χ1v) is 7.73. The Morgan fingerprint density at radius 1 is 1.20 bits per heavy atom. The van der Waals surface area contributed by atoms with Crippen LogP contribution in [0.5, 0.6) is 0 Å². The van der Waals surface area contributed by atoms with Gasteiger partial charge in [0, 0.05) is 24.4 Å². The monoisotopic (exact) mass is 290 g/mol. The molecule has 3 heteroatoms. The normalized spacial score (nSPS) is 12.9. The largest absolute Gasteiger partial charge is 0.357 e. The first-order chi connectivity index (χ1) is 9.52. The van der Waals surface area contributed by atoms with E-state index in [1.54, 1.807) is 0 Å². The van der Waals surface area contributed by atoms with E-state index in [2.05, 4.69) is 50.9 Å². The fourth-order valence-electron chi connectivity index (χ4n) is 2.59. The van der Waals surface area contributed by atoms with Crippen molar-refractivity contribution in [2.75, 3.05) is 11.9 Å². The van der Waals surface area contributed by atoms with Crippen LogP contribution in [0.15, 0.2) is 30.3 Å². The van der Waals surface area contributed by atoms with Crippen molar-refractivity contribution >= 4 is 28.3 Å². The molecule has 0 fully saturated rings. The molecule has 0 saturated carbocycles. The molecule has 0 radical (unpaired) electrons. The average molecular weight is 291 g/mol. The van der Waals surface area contributed by atoms with Crippen LogP contribution < -0.4 is 4.90 Å². The van der Waals surface area contributed by atoms with Gasteiger partial charge in [0.15, 0.2) is 0 Å². The molecule has 1 unspecified atom stereocenters. The lowest BCUT2D eigenvalue weighted by atomic mass is 10.0. The second kappa shape index (κ2) is 6.45. The predicted octanol–water partition coefficient (Wildman–Crippen LogP) is 4.84. The number of alkyl halides is 1. The number of rotatable bonds is 5. The highest BCUT2D eigenvalue weighted by atomic mass is 35.5. The molecule has 0 N–H and O–H groups in total.